The number of aliphatic hydroxyl groups is 1. The number of Topliss-reactive ketones (excluding diaryl/α,β-unsaturated/α-hetero) is 1. The van der Waals surface area contributed by atoms with Crippen LogP contribution in [-0.2, 0) is 47.5 Å². The van der Waals surface area contributed by atoms with Crippen molar-refractivity contribution in [2.75, 3.05) is 85.3 Å². The first-order chi connectivity index (χ1) is 34.4. The van der Waals surface area contributed by atoms with Gasteiger partial charge in [0.05, 0.1) is 58.5 Å². The highest BCUT2D eigenvalue weighted by Crippen LogP contribution is 2.70. The maximum atomic E-state index is 16.0. The van der Waals surface area contributed by atoms with E-state index in [2.05, 4.69) is 22.5 Å². The number of alkyl carbamates (subject to hydrolysis) is 1. The summed E-state index contributed by atoms with van der Waals surface area (Å²) in [6.45, 7) is 13.0. The number of hydrogen-bond acceptors (Lipinski definition) is 15. The number of allylic oxidation sites excluding steroid dienone is 4. The molecule has 19 heteroatoms. The minimum atomic E-state index is -1.50. The molecule has 7 rings (SSSR count). The van der Waals surface area contributed by atoms with Crippen molar-refractivity contribution in [3.8, 4) is 11.8 Å². The summed E-state index contributed by atoms with van der Waals surface area (Å²) in [6, 6.07) is 0. The number of ketones is 2. The molecule has 16 nitrogen and oxygen atoms in total. The van der Waals surface area contributed by atoms with Gasteiger partial charge in [0.15, 0.2) is 24.3 Å². The number of nitrogens with one attached hydrogen (secondary N) is 2. The quantitative estimate of drug-likeness (QED) is 0.0474. The van der Waals surface area contributed by atoms with Crippen molar-refractivity contribution in [2.24, 2.45) is 46.3 Å². The Balaban J connectivity index is 0.731. The highest BCUT2D eigenvalue weighted by Gasteiger charge is 2.76. The molecule has 0 aromatic heterocycles. The van der Waals surface area contributed by atoms with E-state index in [4.69, 9.17) is 33.2 Å². The van der Waals surface area contributed by atoms with Crippen LogP contribution in [0.4, 0.5) is 14.0 Å². The van der Waals surface area contributed by atoms with Gasteiger partial charge in [-0.05, 0) is 99.7 Å². The van der Waals surface area contributed by atoms with Crippen LogP contribution in [-0.4, -0.2) is 160 Å². The van der Waals surface area contributed by atoms with Crippen LogP contribution in [0.2, 0.25) is 0 Å². The lowest BCUT2D eigenvalue weighted by Gasteiger charge is -2.60. The van der Waals surface area contributed by atoms with E-state index in [9.17, 15) is 29.1 Å². The van der Waals surface area contributed by atoms with E-state index in [1.165, 1.54) is 27.8 Å². The predicted octanol–water partition coefficient (Wildman–Crippen LogP) is 6.62. The van der Waals surface area contributed by atoms with Gasteiger partial charge in [-0.15, -0.1) is 11.8 Å². The Morgan fingerprint density at radius 3 is 2.31 bits per heavy atom. The van der Waals surface area contributed by atoms with Crippen molar-refractivity contribution in [1.82, 2.24) is 15.5 Å². The molecular formula is C53H78FN3O13S2. The summed E-state index contributed by atoms with van der Waals surface area (Å²) in [5, 5.41) is 17.6. The number of hydrogen-bond donors (Lipinski definition) is 3. The first kappa shape index (κ1) is 56.5. The third kappa shape index (κ3) is 13.1. The minimum absolute atomic E-state index is 0.102. The van der Waals surface area contributed by atoms with Gasteiger partial charge in [-0.25, -0.2) is 14.0 Å². The zero-order chi connectivity index (χ0) is 51.7. The van der Waals surface area contributed by atoms with Gasteiger partial charge in [0, 0.05) is 73.2 Å². The van der Waals surface area contributed by atoms with Crippen molar-refractivity contribution in [2.45, 2.75) is 134 Å². The van der Waals surface area contributed by atoms with Crippen LogP contribution < -0.4 is 10.6 Å². The topological polar surface area (TPSA) is 197 Å². The third-order valence-electron chi connectivity index (χ3n) is 16.3. The number of halogens is 1. The lowest BCUT2D eigenvalue weighted by molar-refractivity contribution is -0.202. The van der Waals surface area contributed by atoms with Crippen LogP contribution in [0, 0.1) is 58.2 Å². The molecular weight excluding hydrogens is 970 g/mol. The summed E-state index contributed by atoms with van der Waals surface area (Å²) in [4.78, 5) is 66.3. The number of fused-ring (bicyclic) bond motifs is 8. The Kier molecular flexibility index (Phi) is 19.7. The summed E-state index contributed by atoms with van der Waals surface area (Å²) < 4.78 is 56.5. The van der Waals surface area contributed by atoms with Crippen molar-refractivity contribution in [3.63, 3.8) is 0 Å². The van der Waals surface area contributed by atoms with Crippen molar-refractivity contribution in [3.05, 3.63) is 23.8 Å². The van der Waals surface area contributed by atoms with E-state index in [0.29, 0.717) is 108 Å². The van der Waals surface area contributed by atoms with Crippen LogP contribution in [0.15, 0.2) is 23.8 Å². The molecule has 0 aromatic carbocycles. The SMILES string of the molecule is CCCC1O[C@@H]2CC3[C@@H]4C[C@H](F)C5=CC(=O)C=C[C@]5(C)C4[C@@H](O)C[C@]3(C)[C@]2(C(=O)COC(=O)N(C)CCSSC(C)(C)CC(=O)NCCOCCOCCOCCNC(=O)OC[C@@H]2[C@@H]3CCC#CCC[C@@H]32)O1. The van der Waals surface area contributed by atoms with Crippen molar-refractivity contribution < 1.29 is 66.6 Å². The average molecular weight is 1050 g/mol. The van der Waals surface area contributed by atoms with E-state index >= 15 is 4.39 Å². The molecule has 72 heavy (non-hydrogen) atoms. The summed E-state index contributed by atoms with van der Waals surface area (Å²) in [5.41, 5.74) is -2.89. The summed E-state index contributed by atoms with van der Waals surface area (Å²) in [5.74, 6) is 6.98. The third-order valence-corrected chi connectivity index (χ3v) is 19.6. The van der Waals surface area contributed by atoms with E-state index in [1.54, 1.807) is 23.9 Å². The van der Waals surface area contributed by atoms with E-state index < -0.39 is 70.4 Å². The van der Waals surface area contributed by atoms with Crippen molar-refractivity contribution in [1.29, 1.82) is 0 Å². The molecule has 7 aliphatic rings. The van der Waals surface area contributed by atoms with Crippen LogP contribution in [0.5, 0.6) is 0 Å². The molecule has 1 heterocycles. The maximum absolute atomic E-state index is 16.0. The molecule has 0 spiro atoms. The van der Waals surface area contributed by atoms with Crippen LogP contribution in [0.1, 0.15) is 98.8 Å². The highest BCUT2D eigenvalue weighted by molar-refractivity contribution is 8.77. The zero-order valence-corrected chi connectivity index (χ0v) is 44.7. The van der Waals surface area contributed by atoms with Gasteiger partial charge >= 0.3 is 12.2 Å². The van der Waals surface area contributed by atoms with Gasteiger partial charge in [-0.1, -0.05) is 54.9 Å². The molecule has 3 unspecified atom stereocenters. The standard InChI is InChI=1S/C53H78FN3O13S2/c1-7-12-46-69-44-29-39-37-28-41(54)40-27-34(58)15-16-51(40,4)47(37)42(59)30-52(39,5)53(44,70-46)43(60)33-68-49(63)57(6)19-26-71-72-50(2,3)31-45(61)55-17-20-64-22-24-66-25-23-65-21-18-56-48(62)67-32-38-35-13-10-8-9-11-14-36(35)38/h15-16,27,35-39,41-42,44,46-47,59H,7,10-14,17-26,28-33H2,1-6H3,(H,55,61)(H,56,62)/t35-,36+,37-,38-,39?,41-,42-,44+,46?,47?,51-,52-,53+/m0/s1. The van der Waals surface area contributed by atoms with Gasteiger partial charge in [0.2, 0.25) is 11.7 Å². The number of rotatable bonds is 26. The first-order valence-corrected chi connectivity index (χ1v) is 28.4. The second-order valence-corrected chi connectivity index (χ2v) is 24.7. The molecule has 5 fully saturated rings. The molecule has 402 valence electrons. The molecule has 0 radical (unpaired) electrons. The fraction of sp³-hybridized carbons (Fsp3) is 0.792. The van der Waals surface area contributed by atoms with Crippen LogP contribution >= 0.6 is 21.6 Å². The monoisotopic (exact) mass is 1050 g/mol. The number of carbonyl (C=O) groups excluding carboxylic acids is 5. The van der Waals surface area contributed by atoms with Crippen LogP contribution in [0.3, 0.4) is 0 Å². The number of alkyl halides is 1. The first-order valence-electron chi connectivity index (χ1n) is 26.1. The smallest absolute Gasteiger partial charge is 0.409 e. The van der Waals surface area contributed by atoms with E-state index in [1.807, 2.05) is 34.6 Å². The van der Waals surface area contributed by atoms with Gasteiger partial charge in [0.1, 0.15) is 6.17 Å². The highest BCUT2D eigenvalue weighted by atomic mass is 33.1. The number of ether oxygens (including phenoxy) is 7. The van der Waals surface area contributed by atoms with Crippen LogP contribution in [0.25, 0.3) is 0 Å². The normalized spacial score (nSPS) is 34.1. The summed E-state index contributed by atoms with van der Waals surface area (Å²) in [6.07, 6.45) is 6.34. The largest absolute Gasteiger partial charge is 0.449 e. The molecule has 1 saturated heterocycles. The molecule has 0 bridgehead atoms. The van der Waals surface area contributed by atoms with Gasteiger partial charge < -0.3 is 53.8 Å². The molecule has 6 aliphatic carbocycles. The van der Waals surface area contributed by atoms with Gasteiger partial charge in [0.25, 0.3) is 0 Å². The number of carbonyl (C=O) groups is 5. The lowest BCUT2D eigenvalue weighted by atomic mass is 9.46. The Morgan fingerprint density at radius 1 is 0.958 bits per heavy atom. The Hall–Kier alpha value is -3.22. The summed E-state index contributed by atoms with van der Waals surface area (Å²) >= 11 is 0. The predicted molar refractivity (Wildman–Crippen MR) is 270 cm³/mol. The van der Waals surface area contributed by atoms with Gasteiger partial charge in [-0.2, -0.15) is 0 Å². The lowest BCUT2D eigenvalue weighted by Crippen LogP contribution is -2.64. The molecule has 0 aromatic rings. The van der Waals surface area contributed by atoms with E-state index in [0.717, 1.165) is 32.1 Å². The zero-order valence-electron chi connectivity index (χ0n) is 43.0. The molecule has 3 amide bonds. The van der Waals surface area contributed by atoms with Crippen molar-refractivity contribution >= 4 is 51.2 Å². The Morgan fingerprint density at radius 2 is 1.62 bits per heavy atom. The molecule has 13 atom stereocenters. The maximum Gasteiger partial charge on any atom is 0.409 e. The number of aliphatic hydroxyl groups excluding tert-OH is 1. The molecule has 3 N–H and O–H groups in total. The fourth-order valence-electron chi connectivity index (χ4n) is 12.8. The van der Waals surface area contributed by atoms with Gasteiger partial charge in [-0.3, -0.25) is 14.4 Å². The second-order valence-electron chi connectivity index (χ2n) is 21.6. The Bertz CT molecular complexity index is 2050. The number of amides is 3. The molecule has 4 saturated carbocycles. The Labute approximate surface area is 432 Å². The number of nitrogens with zero attached hydrogens (tertiary/aromatic N) is 1. The van der Waals surface area contributed by atoms with E-state index in [-0.39, 0.29) is 48.7 Å². The fourth-order valence-corrected chi connectivity index (χ4v) is 15.4. The molecule has 1 aliphatic heterocycles. The minimum Gasteiger partial charge on any atom is -0.449 e. The summed E-state index contributed by atoms with van der Waals surface area (Å²) in [7, 11) is 4.68. The average Bonchev–Trinajstić information content (AvgIpc) is 3.70. The second kappa shape index (κ2) is 25.1.